The van der Waals surface area contributed by atoms with Gasteiger partial charge in [0, 0.05) is 13.5 Å². The van der Waals surface area contributed by atoms with Gasteiger partial charge in [-0.15, -0.1) is 0 Å². The van der Waals surface area contributed by atoms with Crippen molar-refractivity contribution in [1.29, 1.82) is 0 Å². The second-order valence-corrected chi connectivity index (χ2v) is 5.97. The lowest BCUT2D eigenvalue weighted by Crippen LogP contribution is -2.18. The normalized spacial score (nSPS) is 11.0. The molecule has 7 heteroatoms. The zero-order valence-electron chi connectivity index (χ0n) is 14.9. The number of methoxy groups -OCH3 is 1. The molecule has 3 N–H and O–H groups in total. The van der Waals surface area contributed by atoms with E-state index in [9.17, 15) is 14.7 Å². The first kappa shape index (κ1) is 18.2. The van der Waals surface area contributed by atoms with Crippen molar-refractivity contribution in [3.8, 4) is 5.75 Å². The SMILES string of the molecule is COc1c(C(=O)O)ccc2n[nH]c(/C=C/c3cccc(CNC(C)=O)c3)c12. The van der Waals surface area contributed by atoms with Gasteiger partial charge in [0.2, 0.25) is 5.91 Å². The number of carbonyl (C=O) groups is 2. The molecule has 0 saturated heterocycles. The van der Waals surface area contributed by atoms with Gasteiger partial charge >= 0.3 is 5.97 Å². The Hall–Kier alpha value is -3.61. The van der Waals surface area contributed by atoms with Crippen LogP contribution in [-0.2, 0) is 11.3 Å². The van der Waals surface area contributed by atoms with Crippen molar-refractivity contribution < 1.29 is 19.4 Å². The van der Waals surface area contributed by atoms with Crippen LogP contribution in [0.15, 0.2) is 36.4 Å². The van der Waals surface area contributed by atoms with Crippen molar-refractivity contribution in [3.63, 3.8) is 0 Å². The molecule has 3 aromatic rings. The van der Waals surface area contributed by atoms with Gasteiger partial charge in [0.25, 0.3) is 0 Å². The average molecular weight is 365 g/mol. The number of ether oxygens (including phenoxy) is 1. The first-order valence-corrected chi connectivity index (χ1v) is 8.29. The van der Waals surface area contributed by atoms with E-state index < -0.39 is 5.97 Å². The Bertz CT molecular complexity index is 1040. The fourth-order valence-corrected chi connectivity index (χ4v) is 2.82. The zero-order chi connectivity index (χ0) is 19.4. The number of rotatable bonds is 6. The van der Waals surface area contributed by atoms with E-state index in [0.717, 1.165) is 11.1 Å². The van der Waals surface area contributed by atoms with Crippen LogP contribution < -0.4 is 10.1 Å². The van der Waals surface area contributed by atoms with Crippen LogP contribution in [0.2, 0.25) is 0 Å². The minimum Gasteiger partial charge on any atom is -0.495 e. The molecule has 0 unspecified atom stereocenters. The first-order chi connectivity index (χ1) is 13.0. The summed E-state index contributed by atoms with van der Waals surface area (Å²) in [6.45, 7) is 1.94. The average Bonchev–Trinajstić information content (AvgIpc) is 3.07. The number of benzene rings is 2. The second-order valence-electron chi connectivity index (χ2n) is 5.97. The predicted octanol–water partition coefficient (Wildman–Crippen LogP) is 3.08. The molecule has 0 aliphatic rings. The van der Waals surface area contributed by atoms with Crippen LogP contribution in [0.25, 0.3) is 23.1 Å². The molecule has 3 rings (SSSR count). The van der Waals surface area contributed by atoms with E-state index in [0.29, 0.717) is 23.1 Å². The molecule has 0 atom stereocenters. The summed E-state index contributed by atoms with van der Waals surface area (Å²) in [6.07, 6.45) is 3.71. The second kappa shape index (κ2) is 7.74. The number of amides is 1. The van der Waals surface area contributed by atoms with Gasteiger partial charge in [-0.25, -0.2) is 4.79 Å². The van der Waals surface area contributed by atoms with E-state index in [-0.39, 0.29) is 17.2 Å². The number of aromatic amines is 1. The van der Waals surface area contributed by atoms with Gasteiger partial charge < -0.3 is 15.2 Å². The van der Waals surface area contributed by atoms with Crippen LogP contribution in [0.1, 0.15) is 34.1 Å². The summed E-state index contributed by atoms with van der Waals surface area (Å²) in [5, 5.41) is 19.9. The minimum absolute atomic E-state index is 0.0818. The molecule has 1 amide bonds. The van der Waals surface area contributed by atoms with E-state index in [1.54, 1.807) is 6.07 Å². The lowest BCUT2D eigenvalue weighted by molar-refractivity contribution is -0.119. The molecule has 0 saturated carbocycles. The van der Waals surface area contributed by atoms with E-state index in [1.807, 2.05) is 36.4 Å². The summed E-state index contributed by atoms with van der Waals surface area (Å²) in [5.41, 5.74) is 3.27. The molecule has 0 bridgehead atoms. The van der Waals surface area contributed by atoms with Crippen LogP contribution >= 0.6 is 0 Å². The minimum atomic E-state index is -1.06. The highest BCUT2D eigenvalue weighted by Gasteiger charge is 2.17. The molecule has 0 fully saturated rings. The third-order valence-corrected chi connectivity index (χ3v) is 4.07. The molecule has 7 nitrogen and oxygen atoms in total. The van der Waals surface area contributed by atoms with Crippen molar-refractivity contribution in [2.24, 2.45) is 0 Å². The highest BCUT2D eigenvalue weighted by atomic mass is 16.5. The number of hydrogen-bond donors (Lipinski definition) is 3. The molecule has 0 spiro atoms. The standard InChI is InChI=1S/C20H19N3O4/c1-12(24)21-11-14-5-3-4-13(10-14)6-8-16-18-17(23-22-16)9-7-15(20(25)26)19(18)27-2/h3-10H,11H2,1-2H3,(H,21,24)(H,22,23)(H,25,26)/b8-6+. The number of nitrogens with one attached hydrogen (secondary N) is 2. The third kappa shape index (κ3) is 3.98. The van der Waals surface area contributed by atoms with Crippen molar-refractivity contribution >= 4 is 34.9 Å². The van der Waals surface area contributed by atoms with Gasteiger partial charge in [-0.3, -0.25) is 9.89 Å². The van der Waals surface area contributed by atoms with Crippen molar-refractivity contribution in [1.82, 2.24) is 15.5 Å². The fourth-order valence-electron chi connectivity index (χ4n) is 2.82. The summed E-state index contributed by atoms with van der Waals surface area (Å²) in [5.74, 6) is -0.871. The highest BCUT2D eigenvalue weighted by Crippen LogP contribution is 2.32. The number of H-pyrrole nitrogens is 1. The molecule has 0 aliphatic heterocycles. The Morgan fingerprint density at radius 3 is 2.78 bits per heavy atom. The number of carboxylic acid groups (broad SMARTS) is 1. The Labute approximate surface area is 155 Å². The zero-order valence-corrected chi connectivity index (χ0v) is 14.9. The van der Waals surface area contributed by atoms with E-state index >= 15 is 0 Å². The number of fused-ring (bicyclic) bond motifs is 1. The predicted molar refractivity (Wildman–Crippen MR) is 102 cm³/mol. The third-order valence-electron chi connectivity index (χ3n) is 4.07. The Morgan fingerprint density at radius 1 is 1.26 bits per heavy atom. The molecule has 0 aliphatic carbocycles. The molecule has 1 aromatic heterocycles. The maximum Gasteiger partial charge on any atom is 0.339 e. The molecule has 0 radical (unpaired) electrons. The molecular formula is C20H19N3O4. The van der Waals surface area contributed by atoms with E-state index in [2.05, 4.69) is 15.5 Å². The van der Waals surface area contributed by atoms with Crippen molar-refractivity contribution in [2.45, 2.75) is 13.5 Å². The van der Waals surface area contributed by atoms with Gasteiger partial charge in [-0.2, -0.15) is 5.10 Å². The fraction of sp³-hybridized carbons (Fsp3) is 0.150. The molecular weight excluding hydrogens is 346 g/mol. The van der Waals surface area contributed by atoms with Gasteiger partial charge in [0.15, 0.2) is 0 Å². The first-order valence-electron chi connectivity index (χ1n) is 8.29. The maximum absolute atomic E-state index is 11.4. The van der Waals surface area contributed by atoms with E-state index in [1.165, 1.54) is 20.1 Å². The van der Waals surface area contributed by atoms with Gasteiger partial charge in [-0.1, -0.05) is 24.3 Å². The summed E-state index contributed by atoms with van der Waals surface area (Å²) in [7, 11) is 1.44. The van der Waals surface area contributed by atoms with Gasteiger partial charge in [0.05, 0.1) is 23.7 Å². The Kier molecular flexibility index (Phi) is 5.21. The molecule has 27 heavy (non-hydrogen) atoms. The van der Waals surface area contributed by atoms with Crippen LogP contribution in [-0.4, -0.2) is 34.3 Å². The maximum atomic E-state index is 11.4. The van der Waals surface area contributed by atoms with Crippen LogP contribution in [0.4, 0.5) is 0 Å². The smallest absolute Gasteiger partial charge is 0.339 e. The molecule has 138 valence electrons. The number of carboxylic acids is 1. The quantitative estimate of drug-likeness (QED) is 0.623. The number of hydrogen-bond acceptors (Lipinski definition) is 4. The number of aromatic carboxylic acids is 1. The Morgan fingerprint density at radius 2 is 2.07 bits per heavy atom. The van der Waals surface area contributed by atoms with E-state index in [4.69, 9.17) is 4.74 Å². The van der Waals surface area contributed by atoms with Crippen LogP contribution in [0.5, 0.6) is 5.75 Å². The number of aromatic nitrogens is 2. The van der Waals surface area contributed by atoms with Crippen molar-refractivity contribution in [2.75, 3.05) is 7.11 Å². The summed E-state index contributed by atoms with van der Waals surface area (Å²) in [4.78, 5) is 22.5. The number of carbonyl (C=O) groups excluding carboxylic acids is 1. The molecule has 1 heterocycles. The highest BCUT2D eigenvalue weighted by molar-refractivity contribution is 6.02. The van der Waals surface area contributed by atoms with Crippen LogP contribution in [0.3, 0.4) is 0 Å². The van der Waals surface area contributed by atoms with Crippen LogP contribution in [0, 0.1) is 0 Å². The molecule has 2 aromatic carbocycles. The lowest BCUT2D eigenvalue weighted by Gasteiger charge is -2.06. The van der Waals surface area contributed by atoms with Gasteiger partial charge in [0.1, 0.15) is 11.3 Å². The largest absolute Gasteiger partial charge is 0.495 e. The Balaban J connectivity index is 1.95. The topological polar surface area (TPSA) is 104 Å². The monoisotopic (exact) mass is 365 g/mol. The number of nitrogens with zero attached hydrogens (tertiary/aromatic N) is 1. The summed E-state index contributed by atoms with van der Waals surface area (Å²) in [6, 6.07) is 10.9. The van der Waals surface area contributed by atoms with Crippen molar-refractivity contribution in [3.05, 3.63) is 58.8 Å². The summed E-state index contributed by atoms with van der Waals surface area (Å²) >= 11 is 0. The summed E-state index contributed by atoms with van der Waals surface area (Å²) < 4.78 is 5.33. The van der Waals surface area contributed by atoms with Gasteiger partial charge in [-0.05, 0) is 35.4 Å². The lowest BCUT2D eigenvalue weighted by atomic mass is 10.1.